The molecule has 188 valence electrons. The number of unbranched alkanes of at least 4 members (excludes halogenated alkanes) is 1. The van der Waals surface area contributed by atoms with Crippen LogP contribution in [-0.4, -0.2) is 10.9 Å². The number of carbonyl (C=O) groups excluding carboxylic acids is 1. The van der Waals surface area contributed by atoms with E-state index in [4.69, 9.17) is 5.73 Å². The van der Waals surface area contributed by atoms with Gasteiger partial charge >= 0.3 is 0 Å². The third kappa shape index (κ3) is 7.80. The number of nitrogens with two attached hydrogens (primary N) is 1. The second-order valence-electron chi connectivity index (χ2n) is 8.42. The van der Waals surface area contributed by atoms with Gasteiger partial charge in [-0.2, -0.15) is 4.39 Å². The lowest BCUT2D eigenvalue weighted by atomic mass is 9.98. The Bertz CT molecular complexity index is 1120. The van der Waals surface area contributed by atoms with Crippen LogP contribution in [0.2, 0.25) is 0 Å². The minimum absolute atomic E-state index is 0.0377. The van der Waals surface area contributed by atoms with E-state index in [0.29, 0.717) is 12.4 Å². The summed E-state index contributed by atoms with van der Waals surface area (Å²) in [7, 11) is 0. The van der Waals surface area contributed by atoms with Crippen LogP contribution in [-0.2, 0) is 11.3 Å². The normalized spacial score (nSPS) is 11.3. The first kappa shape index (κ1) is 28.3. The van der Waals surface area contributed by atoms with Gasteiger partial charge in [0.05, 0.1) is 6.04 Å². The Balaban J connectivity index is 0.00000100. The fraction of sp³-hybridized carbons (Fsp3) is 0.357. The summed E-state index contributed by atoms with van der Waals surface area (Å²) in [5.41, 5.74) is 10.8. The number of halogens is 1. The predicted octanol–water partition coefficient (Wildman–Crippen LogP) is 7.34. The Kier molecular flexibility index (Phi) is 11.2. The van der Waals surface area contributed by atoms with Crippen molar-refractivity contribution in [3.8, 4) is 0 Å². The van der Waals surface area contributed by atoms with Crippen LogP contribution < -0.4 is 15.4 Å². The van der Waals surface area contributed by atoms with Gasteiger partial charge in [-0.15, -0.1) is 0 Å². The van der Waals surface area contributed by atoms with Crippen LogP contribution in [0.4, 0.5) is 15.9 Å². The number of aromatic nitrogens is 1. The van der Waals surface area contributed by atoms with E-state index in [0.717, 1.165) is 32.8 Å². The molecule has 0 aliphatic carbocycles. The second kappa shape index (κ2) is 13.9. The van der Waals surface area contributed by atoms with Crippen molar-refractivity contribution >= 4 is 29.4 Å². The van der Waals surface area contributed by atoms with Gasteiger partial charge in [-0.25, -0.2) is 4.98 Å². The molecule has 3 aromatic rings. The van der Waals surface area contributed by atoms with E-state index in [9.17, 15) is 9.18 Å². The molecule has 3 rings (SSSR count). The number of rotatable bonds is 8. The maximum atomic E-state index is 13.3. The Morgan fingerprint density at radius 2 is 1.77 bits per heavy atom. The number of hydrogen-bond donors (Lipinski definition) is 2. The Morgan fingerprint density at radius 3 is 2.37 bits per heavy atom. The fourth-order valence-corrected chi connectivity index (χ4v) is 4.42. The molecule has 1 aromatic heterocycles. The number of carbonyl (C=O) groups is 1. The number of benzene rings is 2. The quantitative estimate of drug-likeness (QED) is 0.252. The van der Waals surface area contributed by atoms with Crippen molar-refractivity contribution in [1.29, 1.82) is 0 Å². The van der Waals surface area contributed by atoms with Gasteiger partial charge in [0, 0.05) is 24.1 Å². The minimum atomic E-state index is -0.530. The van der Waals surface area contributed by atoms with E-state index >= 15 is 0 Å². The molecule has 7 heteroatoms. The first-order valence-electron chi connectivity index (χ1n) is 12.0. The first-order valence-corrected chi connectivity index (χ1v) is 12.8. The Morgan fingerprint density at radius 1 is 1.09 bits per heavy atom. The molecule has 5 nitrogen and oxygen atoms in total. The van der Waals surface area contributed by atoms with Gasteiger partial charge in [-0.1, -0.05) is 57.0 Å². The number of anilines is 2. The van der Waals surface area contributed by atoms with Crippen LogP contribution in [0, 0.1) is 19.8 Å². The summed E-state index contributed by atoms with van der Waals surface area (Å²) in [6.07, 6.45) is 2.64. The van der Waals surface area contributed by atoms with Crippen LogP contribution in [0.1, 0.15) is 68.8 Å². The molecule has 35 heavy (non-hydrogen) atoms. The molecular formula is C28H37FN4OS. The number of nitrogens with zero attached hydrogens (tertiary/aromatic N) is 2. The van der Waals surface area contributed by atoms with Gasteiger partial charge in [0.2, 0.25) is 11.9 Å². The van der Waals surface area contributed by atoms with Gasteiger partial charge in [0.25, 0.3) is 0 Å². The zero-order valence-electron chi connectivity index (χ0n) is 21.6. The van der Waals surface area contributed by atoms with E-state index in [1.54, 1.807) is 19.1 Å². The number of amides is 1. The van der Waals surface area contributed by atoms with E-state index < -0.39 is 5.95 Å². The summed E-state index contributed by atoms with van der Waals surface area (Å²) in [4.78, 5) is 19.3. The van der Waals surface area contributed by atoms with E-state index in [1.165, 1.54) is 30.9 Å². The highest BCUT2D eigenvalue weighted by Crippen LogP contribution is 2.35. The van der Waals surface area contributed by atoms with Crippen molar-refractivity contribution in [3.63, 3.8) is 0 Å². The average Bonchev–Trinajstić information content (AvgIpc) is 2.85. The predicted molar refractivity (Wildman–Crippen MR) is 146 cm³/mol. The van der Waals surface area contributed by atoms with Gasteiger partial charge in [0.1, 0.15) is 5.82 Å². The maximum Gasteiger partial charge on any atom is 0.224 e. The molecule has 0 saturated carbocycles. The molecule has 0 saturated heterocycles. The molecule has 0 spiro atoms. The molecule has 0 unspecified atom stereocenters. The van der Waals surface area contributed by atoms with Crippen LogP contribution in [0.3, 0.4) is 0 Å². The monoisotopic (exact) mass is 496 g/mol. The summed E-state index contributed by atoms with van der Waals surface area (Å²) >= 11 is 1.36. The van der Waals surface area contributed by atoms with Crippen LogP contribution in [0.25, 0.3) is 0 Å². The molecule has 0 aliphatic rings. The lowest BCUT2D eigenvalue weighted by Crippen LogP contribution is -2.33. The smallest absolute Gasteiger partial charge is 0.224 e. The largest absolute Gasteiger partial charge is 0.326 e. The van der Waals surface area contributed by atoms with E-state index in [1.807, 2.05) is 62.1 Å². The molecule has 0 radical (unpaired) electrons. The molecule has 1 heterocycles. The molecule has 0 bridgehead atoms. The minimum Gasteiger partial charge on any atom is -0.326 e. The molecule has 0 aliphatic heterocycles. The van der Waals surface area contributed by atoms with Crippen molar-refractivity contribution in [2.45, 2.75) is 71.9 Å². The molecule has 3 N–H and O–H groups in total. The molecule has 1 atom stereocenters. The van der Waals surface area contributed by atoms with Crippen molar-refractivity contribution < 1.29 is 9.18 Å². The summed E-state index contributed by atoms with van der Waals surface area (Å²) < 4.78 is 16.4. The fourth-order valence-electron chi connectivity index (χ4n) is 3.63. The number of aryl methyl sites for hydroxylation is 2. The molecule has 2 aromatic carbocycles. The van der Waals surface area contributed by atoms with Crippen molar-refractivity contribution in [1.82, 2.24) is 4.98 Å². The summed E-state index contributed by atoms with van der Waals surface area (Å²) in [5.74, 6) is -0.120. The maximum absolute atomic E-state index is 13.3. The topological polar surface area (TPSA) is 71.2 Å². The molecular weight excluding hydrogens is 459 g/mol. The van der Waals surface area contributed by atoms with E-state index in [-0.39, 0.29) is 11.9 Å². The van der Waals surface area contributed by atoms with Crippen molar-refractivity contribution in [2.24, 2.45) is 5.73 Å². The lowest BCUT2D eigenvalue weighted by molar-refractivity contribution is -0.117. The second-order valence-corrected chi connectivity index (χ2v) is 9.27. The SMILES string of the molecule is CC(=O)N(c1cc(C)c(SNc2cccc(F)n2)cc1C)[C@H](C)c1ccccc1CN.CCCC. The summed E-state index contributed by atoms with van der Waals surface area (Å²) in [5, 5.41) is 0. The van der Waals surface area contributed by atoms with Gasteiger partial charge in [0.15, 0.2) is 0 Å². The Hall–Kier alpha value is -2.90. The standard InChI is InChI=1S/C24H27FN4OS.C4H10/c1-15-13-22(31-28-24-11-7-10-23(25)27-24)16(2)12-21(15)29(18(4)30)17(3)20-9-6-5-8-19(20)14-26;1-3-4-2/h5-13,17H,14,26H2,1-4H3,(H,27,28);3-4H2,1-2H3/t17-;/m1./s1. The van der Waals surface area contributed by atoms with E-state index in [2.05, 4.69) is 23.6 Å². The highest BCUT2D eigenvalue weighted by Gasteiger charge is 2.24. The van der Waals surface area contributed by atoms with Gasteiger partial charge < -0.3 is 15.4 Å². The highest BCUT2D eigenvalue weighted by molar-refractivity contribution is 8.00. The summed E-state index contributed by atoms with van der Waals surface area (Å²) in [6.45, 7) is 12.3. The summed E-state index contributed by atoms with van der Waals surface area (Å²) in [6, 6.07) is 16.4. The van der Waals surface area contributed by atoms with Crippen molar-refractivity contribution in [3.05, 3.63) is 82.8 Å². The zero-order valence-corrected chi connectivity index (χ0v) is 22.4. The molecule has 1 amide bonds. The van der Waals surface area contributed by atoms with Gasteiger partial charge in [-0.05, 0) is 79.2 Å². The number of hydrogen-bond acceptors (Lipinski definition) is 5. The van der Waals surface area contributed by atoms with Crippen LogP contribution in [0.15, 0.2) is 59.5 Å². The third-order valence-electron chi connectivity index (χ3n) is 5.69. The van der Waals surface area contributed by atoms with Crippen LogP contribution in [0.5, 0.6) is 0 Å². The van der Waals surface area contributed by atoms with Gasteiger partial charge in [-0.3, -0.25) is 4.79 Å². The number of nitrogens with one attached hydrogen (secondary N) is 1. The lowest BCUT2D eigenvalue weighted by Gasteiger charge is -2.32. The molecule has 0 fully saturated rings. The first-order chi connectivity index (χ1) is 16.7. The highest BCUT2D eigenvalue weighted by atomic mass is 32.2. The third-order valence-corrected chi connectivity index (χ3v) is 6.66. The van der Waals surface area contributed by atoms with Crippen molar-refractivity contribution in [2.75, 3.05) is 9.62 Å². The number of pyridine rings is 1. The Labute approximate surface area is 213 Å². The van der Waals surface area contributed by atoms with Crippen LogP contribution >= 0.6 is 11.9 Å². The zero-order chi connectivity index (χ0) is 26.0. The average molecular weight is 497 g/mol.